The zero-order chi connectivity index (χ0) is 26.7. The molecule has 1 aliphatic heterocycles. The van der Waals surface area contributed by atoms with Crippen molar-refractivity contribution in [3.05, 3.63) is 82.7 Å². The van der Waals surface area contributed by atoms with Gasteiger partial charge in [0.05, 0.1) is 13.0 Å². The monoisotopic (exact) mass is 526 g/mol. The predicted molar refractivity (Wildman–Crippen MR) is 141 cm³/mol. The summed E-state index contributed by atoms with van der Waals surface area (Å²) in [6, 6.07) is 16.0. The quantitative estimate of drug-likeness (QED) is 0.524. The molecule has 0 fully saturated rings. The standard InChI is InChI=1S/C28H29FN2O5S.H2/c1-4-22-23(10-12-25(27(22)29)37(3,34)35)28(33)31-13-14-36-24-11-9-20(16-21(24)17-31)19-7-5-18(6-8-19)15-26(32)30-2;/h5-12,16H,4,13-15,17H2,1-3H3,(H,30,32);1H. The molecule has 0 bridgehead atoms. The van der Waals surface area contributed by atoms with Crippen molar-refractivity contribution in [2.45, 2.75) is 31.2 Å². The number of amides is 2. The van der Waals surface area contributed by atoms with Gasteiger partial charge < -0.3 is 15.0 Å². The summed E-state index contributed by atoms with van der Waals surface area (Å²) in [7, 11) is -2.16. The van der Waals surface area contributed by atoms with Crippen LogP contribution >= 0.6 is 0 Å². The molecule has 4 rings (SSSR count). The van der Waals surface area contributed by atoms with E-state index in [0.29, 0.717) is 18.7 Å². The molecule has 0 atom stereocenters. The van der Waals surface area contributed by atoms with Crippen LogP contribution in [0.2, 0.25) is 0 Å². The van der Waals surface area contributed by atoms with Crippen molar-refractivity contribution in [2.75, 3.05) is 26.5 Å². The first-order valence-electron chi connectivity index (χ1n) is 12.0. The number of halogens is 1. The lowest BCUT2D eigenvalue weighted by Crippen LogP contribution is -2.33. The highest BCUT2D eigenvalue weighted by Crippen LogP contribution is 2.31. The van der Waals surface area contributed by atoms with Crippen molar-refractivity contribution in [2.24, 2.45) is 0 Å². The third-order valence-electron chi connectivity index (χ3n) is 6.45. The van der Waals surface area contributed by atoms with E-state index in [9.17, 15) is 18.0 Å². The number of sulfone groups is 1. The smallest absolute Gasteiger partial charge is 0.254 e. The fourth-order valence-corrected chi connectivity index (χ4v) is 5.20. The Morgan fingerprint density at radius 1 is 1.08 bits per heavy atom. The van der Waals surface area contributed by atoms with Crippen LogP contribution in [-0.2, 0) is 34.0 Å². The van der Waals surface area contributed by atoms with Crippen LogP contribution in [0.15, 0.2) is 59.5 Å². The van der Waals surface area contributed by atoms with Crippen molar-refractivity contribution in [1.82, 2.24) is 10.2 Å². The van der Waals surface area contributed by atoms with Crippen molar-refractivity contribution in [3.63, 3.8) is 0 Å². The van der Waals surface area contributed by atoms with E-state index in [1.54, 1.807) is 18.9 Å². The van der Waals surface area contributed by atoms with Crippen LogP contribution in [0.5, 0.6) is 5.75 Å². The van der Waals surface area contributed by atoms with E-state index < -0.39 is 20.5 Å². The zero-order valence-electron chi connectivity index (χ0n) is 21.0. The van der Waals surface area contributed by atoms with Gasteiger partial charge in [-0.1, -0.05) is 37.3 Å². The molecule has 7 nitrogen and oxygen atoms in total. The lowest BCUT2D eigenvalue weighted by Gasteiger charge is -2.22. The summed E-state index contributed by atoms with van der Waals surface area (Å²) in [6.45, 7) is 2.52. The Morgan fingerprint density at radius 3 is 2.43 bits per heavy atom. The Bertz CT molecular complexity index is 1460. The summed E-state index contributed by atoms with van der Waals surface area (Å²) in [5, 5.41) is 2.61. The first kappa shape index (κ1) is 26.3. The summed E-state index contributed by atoms with van der Waals surface area (Å²) in [4.78, 5) is 26.3. The largest absolute Gasteiger partial charge is 0.491 e. The fraction of sp³-hybridized carbons (Fsp3) is 0.286. The predicted octanol–water partition coefficient (Wildman–Crippen LogP) is 4.03. The molecule has 9 heteroatoms. The van der Waals surface area contributed by atoms with Crippen LogP contribution in [0.4, 0.5) is 4.39 Å². The second-order valence-electron chi connectivity index (χ2n) is 8.97. The van der Waals surface area contributed by atoms with E-state index in [4.69, 9.17) is 4.74 Å². The molecule has 1 heterocycles. The summed E-state index contributed by atoms with van der Waals surface area (Å²) in [5.74, 6) is -0.637. The van der Waals surface area contributed by atoms with Gasteiger partial charge in [0, 0.05) is 38.0 Å². The van der Waals surface area contributed by atoms with Crippen LogP contribution in [0.1, 0.15) is 35.4 Å². The number of hydrogen-bond donors (Lipinski definition) is 1. The highest BCUT2D eigenvalue weighted by molar-refractivity contribution is 7.90. The average molecular weight is 527 g/mol. The molecule has 0 saturated carbocycles. The van der Waals surface area contributed by atoms with E-state index in [2.05, 4.69) is 5.32 Å². The number of nitrogens with one attached hydrogen (secondary N) is 1. The minimum atomic E-state index is -3.76. The van der Waals surface area contributed by atoms with Gasteiger partial charge >= 0.3 is 0 Å². The summed E-state index contributed by atoms with van der Waals surface area (Å²) >= 11 is 0. The van der Waals surface area contributed by atoms with Gasteiger partial charge in [0.2, 0.25) is 5.91 Å². The number of carbonyl (C=O) groups is 2. The first-order chi connectivity index (χ1) is 17.6. The Morgan fingerprint density at radius 2 is 1.78 bits per heavy atom. The molecule has 2 amide bonds. The highest BCUT2D eigenvalue weighted by Gasteiger charge is 2.27. The van der Waals surface area contributed by atoms with E-state index in [0.717, 1.165) is 34.6 Å². The number of benzene rings is 3. The van der Waals surface area contributed by atoms with Crippen LogP contribution < -0.4 is 10.1 Å². The average Bonchev–Trinajstić information content (AvgIpc) is 3.09. The lowest BCUT2D eigenvalue weighted by molar-refractivity contribution is -0.119. The first-order valence-corrected chi connectivity index (χ1v) is 13.9. The SMILES string of the molecule is CCc1c(C(=O)N2CCOc3ccc(-c4ccc(CC(=O)NC)cc4)cc3C2)ccc(S(C)(=O)=O)c1F.[HH]. The third kappa shape index (κ3) is 5.67. The number of fused-ring (bicyclic) bond motifs is 1. The van der Waals surface area contributed by atoms with Crippen molar-refractivity contribution < 1.29 is 28.6 Å². The van der Waals surface area contributed by atoms with E-state index in [1.165, 1.54) is 6.07 Å². The Kier molecular flexibility index (Phi) is 7.63. The van der Waals surface area contributed by atoms with Crippen LogP contribution in [0.25, 0.3) is 11.1 Å². The third-order valence-corrected chi connectivity index (χ3v) is 7.56. The number of rotatable bonds is 6. The zero-order valence-corrected chi connectivity index (χ0v) is 21.8. The highest BCUT2D eigenvalue weighted by atomic mass is 32.2. The minimum Gasteiger partial charge on any atom is -0.491 e. The molecule has 0 spiro atoms. The van der Waals surface area contributed by atoms with Crippen LogP contribution in [0.3, 0.4) is 0 Å². The number of hydrogen-bond acceptors (Lipinski definition) is 5. The topological polar surface area (TPSA) is 92.8 Å². The van der Waals surface area contributed by atoms with Gasteiger partial charge in [0.1, 0.15) is 23.1 Å². The second kappa shape index (κ2) is 10.7. The van der Waals surface area contributed by atoms with Crippen molar-refractivity contribution in [3.8, 4) is 16.9 Å². The van der Waals surface area contributed by atoms with Crippen LogP contribution in [0, 0.1) is 5.82 Å². The van der Waals surface area contributed by atoms with Crippen molar-refractivity contribution >= 4 is 21.7 Å². The second-order valence-corrected chi connectivity index (χ2v) is 11.0. The molecular formula is C28H31FN2O5S. The summed E-state index contributed by atoms with van der Waals surface area (Å²) in [5.41, 5.74) is 3.84. The molecule has 1 N–H and O–H groups in total. The lowest BCUT2D eigenvalue weighted by atomic mass is 9.99. The molecule has 3 aromatic rings. The van der Waals surface area contributed by atoms with Gasteiger partial charge in [-0.2, -0.15) is 0 Å². The molecule has 37 heavy (non-hydrogen) atoms. The summed E-state index contributed by atoms with van der Waals surface area (Å²) < 4.78 is 44.8. The Labute approximate surface area is 217 Å². The van der Waals surface area contributed by atoms with E-state index in [-0.39, 0.29) is 43.9 Å². The molecule has 0 radical (unpaired) electrons. The van der Waals surface area contributed by atoms with Gasteiger partial charge in [0.25, 0.3) is 5.91 Å². The number of nitrogens with zero attached hydrogens (tertiary/aromatic N) is 1. The van der Waals surface area contributed by atoms with Gasteiger partial charge in [0.15, 0.2) is 9.84 Å². The van der Waals surface area contributed by atoms with Crippen molar-refractivity contribution in [1.29, 1.82) is 0 Å². The Balaban J connectivity index is 0.00000400. The molecule has 0 aliphatic carbocycles. The normalized spacial score (nSPS) is 13.4. The maximum atomic E-state index is 15.0. The summed E-state index contributed by atoms with van der Waals surface area (Å²) in [6.07, 6.45) is 1.43. The number of likely N-dealkylation sites (N-methyl/N-ethyl adjacent to an activating group) is 1. The maximum absolute atomic E-state index is 15.0. The number of carbonyl (C=O) groups excluding carboxylic acids is 2. The molecule has 196 valence electrons. The van der Waals surface area contributed by atoms with Crippen LogP contribution in [-0.4, -0.2) is 51.6 Å². The van der Waals surface area contributed by atoms with Gasteiger partial charge in [-0.15, -0.1) is 0 Å². The van der Waals surface area contributed by atoms with Gasteiger partial charge in [-0.05, 0) is 47.4 Å². The molecule has 0 saturated heterocycles. The molecular weight excluding hydrogens is 495 g/mol. The number of ether oxygens (including phenoxy) is 1. The maximum Gasteiger partial charge on any atom is 0.254 e. The van der Waals surface area contributed by atoms with E-state index >= 15 is 4.39 Å². The molecule has 0 aromatic heterocycles. The van der Waals surface area contributed by atoms with Gasteiger partial charge in [-0.3, -0.25) is 9.59 Å². The Hall–Kier alpha value is -3.72. The molecule has 1 aliphatic rings. The fourth-order valence-electron chi connectivity index (χ4n) is 4.44. The van der Waals surface area contributed by atoms with E-state index in [1.807, 2.05) is 42.5 Å². The molecule has 3 aromatic carbocycles. The van der Waals surface area contributed by atoms with Gasteiger partial charge in [-0.25, -0.2) is 12.8 Å². The minimum absolute atomic E-state index is 0. The molecule has 0 unspecified atom stereocenters.